The van der Waals surface area contributed by atoms with E-state index in [1.54, 1.807) is 17.7 Å². The van der Waals surface area contributed by atoms with E-state index in [2.05, 4.69) is 20.3 Å². The predicted octanol–water partition coefficient (Wildman–Crippen LogP) is 3.92. The third kappa shape index (κ3) is 5.41. The van der Waals surface area contributed by atoms with Crippen molar-refractivity contribution in [2.24, 2.45) is 4.99 Å². The summed E-state index contributed by atoms with van der Waals surface area (Å²) >= 11 is 7.50. The zero-order valence-corrected chi connectivity index (χ0v) is 17.3. The zero-order chi connectivity index (χ0) is 17.9. The van der Waals surface area contributed by atoms with Crippen molar-refractivity contribution in [3.8, 4) is 0 Å². The molecule has 2 aromatic rings. The summed E-state index contributed by atoms with van der Waals surface area (Å²) in [5.74, 6) is 0. The molecule has 3 rings (SSSR count). The van der Waals surface area contributed by atoms with Gasteiger partial charge in [0.1, 0.15) is 0 Å². The number of aliphatic imine (C=N–C) groups is 1. The molecule has 142 valence electrons. The van der Waals surface area contributed by atoms with Gasteiger partial charge in [0.15, 0.2) is 0 Å². The van der Waals surface area contributed by atoms with Gasteiger partial charge in [0.05, 0.1) is 17.6 Å². The van der Waals surface area contributed by atoms with Gasteiger partial charge in [-0.3, -0.25) is 4.90 Å². The van der Waals surface area contributed by atoms with Crippen LogP contribution in [0.2, 0.25) is 5.02 Å². The fraction of sp³-hybridized carbons (Fsp3) is 0.444. The van der Waals surface area contributed by atoms with Gasteiger partial charge in [0.2, 0.25) is 5.13 Å². The van der Waals surface area contributed by atoms with Crippen molar-refractivity contribution in [2.75, 3.05) is 27.2 Å². The van der Waals surface area contributed by atoms with E-state index >= 15 is 0 Å². The van der Waals surface area contributed by atoms with E-state index in [0.717, 1.165) is 36.0 Å². The largest absolute Gasteiger partial charge is 0.385 e. The first-order chi connectivity index (χ1) is 11.9. The van der Waals surface area contributed by atoms with Crippen LogP contribution in [0, 0.1) is 0 Å². The summed E-state index contributed by atoms with van der Waals surface area (Å²) in [6.07, 6.45) is 3.19. The van der Waals surface area contributed by atoms with Crippen molar-refractivity contribution in [1.82, 2.24) is 14.8 Å². The van der Waals surface area contributed by atoms with Crippen LogP contribution in [0.5, 0.6) is 0 Å². The number of halogens is 2. The number of benzene rings is 1. The van der Waals surface area contributed by atoms with Gasteiger partial charge >= 0.3 is 0 Å². The summed E-state index contributed by atoms with van der Waals surface area (Å²) in [4.78, 5) is 13.1. The van der Waals surface area contributed by atoms with Crippen LogP contribution in [0.1, 0.15) is 24.1 Å². The van der Waals surface area contributed by atoms with Crippen molar-refractivity contribution in [3.63, 3.8) is 0 Å². The van der Waals surface area contributed by atoms with Crippen LogP contribution in [0.4, 0.5) is 5.13 Å². The number of piperidine rings is 1. The Bertz CT molecular complexity index is 725. The number of hydrogen-bond acceptors (Lipinski definition) is 5. The fourth-order valence-corrected chi connectivity index (χ4v) is 3.72. The lowest BCUT2D eigenvalue weighted by Gasteiger charge is -2.38. The Kier molecular flexibility index (Phi) is 7.43. The Labute approximate surface area is 169 Å². The summed E-state index contributed by atoms with van der Waals surface area (Å²) in [6.45, 7) is 2.48. The highest BCUT2D eigenvalue weighted by Crippen LogP contribution is 2.34. The molecule has 1 saturated heterocycles. The maximum absolute atomic E-state index is 10.9. The lowest BCUT2D eigenvalue weighted by molar-refractivity contribution is -0.0279. The van der Waals surface area contributed by atoms with E-state index in [0.29, 0.717) is 17.9 Å². The predicted molar refractivity (Wildman–Crippen MR) is 111 cm³/mol. The van der Waals surface area contributed by atoms with Crippen LogP contribution in [-0.4, -0.2) is 53.4 Å². The number of aromatic nitrogens is 1. The standard InChI is InChI=1S/C18H23ClN4OS.ClH/c1-22(2)13-20-17-21-16(12-25-17)11-23-9-7-18(24,8-10-23)14-3-5-15(19)6-4-14;/h3-6,12-13,24H,7-11H2,1-2H3;1H. The zero-order valence-electron chi connectivity index (χ0n) is 14.9. The molecular formula is C18H24Cl2N4OS. The fourth-order valence-electron chi connectivity index (χ4n) is 2.95. The number of likely N-dealkylation sites (tertiary alicyclic amines) is 1. The second kappa shape index (κ2) is 9.15. The third-order valence-corrected chi connectivity index (χ3v) is 5.44. The number of nitrogens with zero attached hydrogens (tertiary/aromatic N) is 4. The molecule has 2 heterocycles. The van der Waals surface area contributed by atoms with E-state index in [4.69, 9.17) is 11.6 Å². The first-order valence-electron chi connectivity index (χ1n) is 8.30. The lowest BCUT2D eigenvalue weighted by atomic mass is 9.84. The van der Waals surface area contributed by atoms with Gasteiger partial charge in [-0.15, -0.1) is 23.7 Å². The second-order valence-electron chi connectivity index (χ2n) is 6.64. The van der Waals surface area contributed by atoms with Crippen LogP contribution in [0.25, 0.3) is 0 Å². The molecule has 0 bridgehead atoms. The van der Waals surface area contributed by atoms with Crippen molar-refractivity contribution < 1.29 is 5.11 Å². The van der Waals surface area contributed by atoms with Crippen molar-refractivity contribution in [3.05, 3.63) is 45.9 Å². The van der Waals surface area contributed by atoms with Gasteiger partial charge in [0.25, 0.3) is 0 Å². The molecule has 0 spiro atoms. The first kappa shape index (κ1) is 21.1. The minimum atomic E-state index is -0.760. The molecule has 0 aliphatic carbocycles. The summed E-state index contributed by atoms with van der Waals surface area (Å²) in [7, 11) is 3.88. The van der Waals surface area contributed by atoms with Gasteiger partial charge in [-0.2, -0.15) is 0 Å². The average Bonchev–Trinajstić information content (AvgIpc) is 3.03. The normalized spacial score (nSPS) is 17.2. The van der Waals surface area contributed by atoms with Crippen molar-refractivity contribution >= 4 is 46.8 Å². The smallest absolute Gasteiger partial charge is 0.210 e. The molecule has 5 nitrogen and oxygen atoms in total. The average molecular weight is 415 g/mol. The SMILES string of the molecule is CN(C)C=Nc1nc(CN2CCC(O)(c3ccc(Cl)cc3)CC2)cs1.Cl. The highest BCUT2D eigenvalue weighted by atomic mass is 35.5. The van der Waals surface area contributed by atoms with Crippen LogP contribution in [0.15, 0.2) is 34.6 Å². The van der Waals surface area contributed by atoms with Crippen LogP contribution >= 0.6 is 35.3 Å². The summed E-state index contributed by atoms with van der Waals surface area (Å²) in [5.41, 5.74) is 1.22. The van der Waals surface area contributed by atoms with Gasteiger partial charge in [-0.05, 0) is 30.5 Å². The van der Waals surface area contributed by atoms with E-state index in [1.165, 1.54) is 0 Å². The number of aliphatic hydroxyl groups is 1. The van der Waals surface area contributed by atoms with E-state index < -0.39 is 5.60 Å². The Morgan fingerprint density at radius 1 is 1.31 bits per heavy atom. The van der Waals surface area contributed by atoms with Crippen molar-refractivity contribution in [1.29, 1.82) is 0 Å². The Balaban J connectivity index is 0.00000243. The summed E-state index contributed by atoms with van der Waals surface area (Å²) < 4.78 is 0. The molecule has 1 aromatic carbocycles. The van der Waals surface area contributed by atoms with Gasteiger partial charge < -0.3 is 10.0 Å². The van der Waals surface area contributed by atoms with Gasteiger partial charge in [-0.1, -0.05) is 23.7 Å². The molecule has 0 saturated carbocycles. The van der Waals surface area contributed by atoms with E-state index in [1.807, 2.05) is 43.3 Å². The topological polar surface area (TPSA) is 52.0 Å². The molecule has 1 aliphatic rings. The van der Waals surface area contributed by atoms with Crippen LogP contribution in [0.3, 0.4) is 0 Å². The molecule has 0 unspecified atom stereocenters. The van der Waals surface area contributed by atoms with Gasteiger partial charge in [-0.25, -0.2) is 9.98 Å². The molecule has 1 aromatic heterocycles. The minimum absolute atomic E-state index is 0. The first-order valence-corrected chi connectivity index (χ1v) is 9.56. The molecule has 1 aliphatic heterocycles. The molecular weight excluding hydrogens is 391 g/mol. The monoisotopic (exact) mass is 414 g/mol. The van der Waals surface area contributed by atoms with Crippen LogP contribution < -0.4 is 0 Å². The quantitative estimate of drug-likeness (QED) is 0.594. The maximum atomic E-state index is 10.9. The van der Waals surface area contributed by atoms with Gasteiger partial charge in [0, 0.05) is 44.1 Å². The van der Waals surface area contributed by atoms with E-state index in [-0.39, 0.29) is 12.4 Å². The maximum Gasteiger partial charge on any atom is 0.210 e. The molecule has 26 heavy (non-hydrogen) atoms. The molecule has 8 heteroatoms. The Morgan fingerprint density at radius 2 is 1.96 bits per heavy atom. The number of hydrogen-bond donors (Lipinski definition) is 1. The van der Waals surface area contributed by atoms with E-state index in [9.17, 15) is 5.11 Å². The molecule has 0 radical (unpaired) electrons. The lowest BCUT2D eigenvalue weighted by Crippen LogP contribution is -2.42. The molecule has 0 amide bonds. The minimum Gasteiger partial charge on any atom is -0.385 e. The Morgan fingerprint density at radius 3 is 2.58 bits per heavy atom. The molecule has 0 atom stereocenters. The summed E-state index contributed by atoms with van der Waals surface area (Å²) in [5, 5.41) is 14.5. The Hall–Kier alpha value is -1.18. The number of rotatable bonds is 5. The second-order valence-corrected chi connectivity index (χ2v) is 7.92. The summed E-state index contributed by atoms with van der Waals surface area (Å²) in [6, 6.07) is 7.53. The van der Waals surface area contributed by atoms with Crippen LogP contribution in [-0.2, 0) is 12.1 Å². The highest BCUT2D eigenvalue weighted by molar-refractivity contribution is 7.13. The number of thiazole rings is 1. The highest BCUT2D eigenvalue weighted by Gasteiger charge is 2.33. The molecule has 1 N–H and O–H groups in total. The van der Waals surface area contributed by atoms with Crippen molar-refractivity contribution in [2.45, 2.75) is 25.0 Å². The molecule has 1 fully saturated rings. The third-order valence-electron chi connectivity index (χ3n) is 4.39.